The van der Waals surface area contributed by atoms with Crippen LogP contribution in [0, 0.1) is 11.3 Å². The van der Waals surface area contributed by atoms with Crippen LogP contribution in [0.25, 0.3) is 0 Å². The molecule has 4 N–H and O–H groups in total. The molecule has 0 aliphatic carbocycles. The summed E-state index contributed by atoms with van der Waals surface area (Å²) in [6.45, 7) is 3.00. The first-order valence-electron chi connectivity index (χ1n) is 5.47. The SMILES string of the molecule is CCNC(=O)CCNc1cc(C#N)ccc1N. The minimum atomic E-state index is -0.00462. The smallest absolute Gasteiger partial charge is 0.221 e. The normalized spacial score (nSPS) is 9.41. The molecule has 0 atom stereocenters. The molecule has 17 heavy (non-hydrogen) atoms. The Morgan fingerprint density at radius 1 is 1.53 bits per heavy atom. The number of nitrogens with two attached hydrogens (primary N) is 1. The summed E-state index contributed by atoms with van der Waals surface area (Å²) in [7, 11) is 0. The van der Waals surface area contributed by atoms with Crippen molar-refractivity contribution in [1.29, 1.82) is 5.26 Å². The molecule has 1 aromatic rings. The van der Waals surface area contributed by atoms with Crippen molar-refractivity contribution in [3.05, 3.63) is 23.8 Å². The second-order valence-corrected chi connectivity index (χ2v) is 3.54. The quantitative estimate of drug-likeness (QED) is 0.662. The number of amides is 1. The Hall–Kier alpha value is -2.22. The van der Waals surface area contributed by atoms with E-state index in [0.29, 0.717) is 36.4 Å². The van der Waals surface area contributed by atoms with Crippen molar-refractivity contribution in [2.45, 2.75) is 13.3 Å². The molecule has 5 nitrogen and oxygen atoms in total. The van der Waals surface area contributed by atoms with E-state index in [-0.39, 0.29) is 5.91 Å². The van der Waals surface area contributed by atoms with E-state index in [2.05, 4.69) is 10.6 Å². The molecular formula is C12H16N4O. The number of benzene rings is 1. The van der Waals surface area contributed by atoms with Gasteiger partial charge in [-0.1, -0.05) is 0 Å². The van der Waals surface area contributed by atoms with Crippen molar-refractivity contribution in [3.8, 4) is 6.07 Å². The van der Waals surface area contributed by atoms with E-state index in [1.807, 2.05) is 13.0 Å². The van der Waals surface area contributed by atoms with Crippen LogP contribution in [0.4, 0.5) is 11.4 Å². The van der Waals surface area contributed by atoms with Crippen molar-refractivity contribution in [2.24, 2.45) is 0 Å². The second-order valence-electron chi connectivity index (χ2n) is 3.54. The number of nitrogens with zero attached hydrogens (tertiary/aromatic N) is 1. The van der Waals surface area contributed by atoms with Crippen LogP contribution in [0.5, 0.6) is 0 Å². The van der Waals surface area contributed by atoms with Crippen LogP contribution in [0.1, 0.15) is 18.9 Å². The van der Waals surface area contributed by atoms with Crippen LogP contribution in [0.3, 0.4) is 0 Å². The van der Waals surface area contributed by atoms with Crippen LogP contribution in [0.15, 0.2) is 18.2 Å². The molecule has 0 bridgehead atoms. The molecule has 0 saturated heterocycles. The van der Waals surface area contributed by atoms with Gasteiger partial charge in [-0.05, 0) is 25.1 Å². The summed E-state index contributed by atoms with van der Waals surface area (Å²) >= 11 is 0. The molecule has 1 aromatic carbocycles. The van der Waals surface area contributed by atoms with Crippen molar-refractivity contribution in [1.82, 2.24) is 5.32 Å². The predicted molar refractivity (Wildman–Crippen MR) is 67.4 cm³/mol. The van der Waals surface area contributed by atoms with E-state index in [4.69, 9.17) is 11.0 Å². The zero-order valence-corrected chi connectivity index (χ0v) is 9.79. The maximum Gasteiger partial charge on any atom is 0.221 e. The van der Waals surface area contributed by atoms with Gasteiger partial charge in [0.05, 0.1) is 23.0 Å². The molecule has 0 radical (unpaired) electrons. The number of hydrogen-bond donors (Lipinski definition) is 3. The Morgan fingerprint density at radius 2 is 2.29 bits per heavy atom. The molecule has 5 heteroatoms. The highest BCUT2D eigenvalue weighted by Gasteiger charge is 2.02. The Balaban J connectivity index is 2.52. The molecule has 90 valence electrons. The van der Waals surface area contributed by atoms with Gasteiger partial charge in [-0.3, -0.25) is 4.79 Å². The monoisotopic (exact) mass is 232 g/mol. The van der Waals surface area contributed by atoms with Gasteiger partial charge < -0.3 is 16.4 Å². The molecule has 0 fully saturated rings. The first-order chi connectivity index (χ1) is 8.17. The van der Waals surface area contributed by atoms with Gasteiger partial charge in [-0.15, -0.1) is 0 Å². The summed E-state index contributed by atoms with van der Waals surface area (Å²) in [4.78, 5) is 11.2. The summed E-state index contributed by atoms with van der Waals surface area (Å²) in [5.74, 6) is -0.00462. The second kappa shape index (κ2) is 6.38. The Morgan fingerprint density at radius 3 is 2.94 bits per heavy atom. The van der Waals surface area contributed by atoms with E-state index in [1.54, 1.807) is 18.2 Å². The lowest BCUT2D eigenvalue weighted by Gasteiger charge is -2.09. The van der Waals surface area contributed by atoms with E-state index < -0.39 is 0 Å². The zero-order chi connectivity index (χ0) is 12.7. The lowest BCUT2D eigenvalue weighted by atomic mass is 10.2. The van der Waals surface area contributed by atoms with Crippen molar-refractivity contribution in [3.63, 3.8) is 0 Å². The van der Waals surface area contributed by atoms with Crippen LogP contribution in [0.2, 0.25) is 0 Å². The molecule has 0 aliphatic rings. The average molecular weight is 232 g/mol. The van der Waals surface area contributed by atoms with Crippen molar-refractivity contribution < 1.29 is 4.79 Å². The Kier molecular flexibility index (Phi) is 4.82. The minimum absolute atomic E-state index is 0.00462. The summed E-state index contributed by atoms with van der Waals surface area (Å²) in [6, 6.07) is 7.04. The molecule has 0 aromatic heterocycles. The average Bonchev–Trinajstić information content (AvgIpc) is 2.32. The number of hydrogen-bond acceptors (Lipinski definition) is 4. The number of carbonyl (C=O) groups is 1. The standard InChI is InChI=1S/C12H16N4O/c1-2-15-12(17)5-6-16-11-7-9(8-13)3-4-10(11)14/h3-4,7,16H,2,5-6,14H2,1H3,(H,15,17). The van der Waals surface area contributed by atoms with Gasteiger partial charge in [0.1, 0.15) is 0 Å². The Labute approximate surface area is 101 Å². The van der Waals surface area contributed by atoms with E-state index >= 15 is 0 Å². The molecule has 0 aliphatic heterocycles. The molecule has 0 unspecified atom stereocenters. The van der Waals surface area contributed by atoms with Crippen LogP contribution < -0.4 is 16.4 Å². The van der Waals surface area contributed by atoms with Gasteiger partial charge in [0.15, 0.2) is 0 Å². The van der Waals surface area contributed by atoms with Crippen LogP contribution in [-0.2, 0) is 4.79 Å². The molecule has 0 spiro atoms. The Bertz CT molecular complexity index is 437. The number of nitrogen functional groups attached to an aromatic ring is 1. The molecule has 0 heterocycles. The van der Waals surface area contributed by atoms with Gasteiger partial charge in [-0.2, -0.15) is 5.26 Å². The zero-order valence-electron chi connectivity index (χ0n) is 9.79. The fraction of sp³-hybridized carbons (Fsp3) is 0.333. The summed E-state index contributed by atoms with van der Waals surface area (Å²) < 4.78 is 0. The summed E-state index contributed by atoms with van der Waals surface area (Å²) in [5, 5.41) is 14.5. The molecule has 1 amide bonds. The van der Waals surface area contributed by atoms with Gasteiger partial charge >= 0.3 is 0 Å². The topological polar surface area (TPSA) is 90.9 Å². The molecule has 0 saturated carbocycles. The summed E-state index contributed by atoms with van der Waals surface area (Å²) in [6.07, 6.45) is 0.379. The third-order valence-electron chi connectivity index (χ3n) is 2.22. The highest BCUT2D eigenvalue weighted by molar-refractivity contribution is 5.77. The number of carbonyl (C=O) groups excluding carboxylic acids is 1. The van der Waals surface area contributed by atoms with Gasteiger partial charge in [0, 0.05) is 19.5 Å². The highest BCUT2D eigenvalue weighted by atomic mass is 16.1. The van der Waals surface area contributed by atoms with Crippen LogP contribution >= 0.6 is 0 Å². The fourth-order valence-corrected chi connectivity index (χ4v) is 1.38. The first-order valence-corrected chi connectivity index (χ1v) is 5.47. The first kappa shape index (κ1) is 12.8. The van der Waals surface area contributed by atoms with Crippen molar-refractivity contribution in [2.75, 3.05) is 24.1 Å². The maximum absolute atomic E-state index is 11.2. The number of rotatable bonds is 5. The highest BCUT2D eigenvalue weighted by Crippen LogP contribution is 2.19. The predicted octanol–water partition coefficient (Wildman–Crippen LogP) is 1.08. The van der Waals surface area contributed by atoms with Crippen molar-refractivity contribution >= 4 is 17.3 Å². The van der Waals surface area contributed by atoms with E-state index in [1.165, 1.54) is 0 Å². The van der Waals surface area contributed by atoms with Gasteiger partial charge in [0.25, 0.3) is 0 Å². The lowest BCUT2D eigenvalue weighted by Crippen LogP contribution is -2.24. The summed E-state index contributed by atoms with van der Waals surface area (Å²) in [5.41, 5.74) is 7.55. The van der Waals surface area contributed by atoms with E-state index in [0.717, 1.165) is 0 Å². The molecular weight excluding hydrogens is 216 g/mol. The third kappa shape index (κ3) is 4.03. The number of anilines is 2. The number of nitriles is 1. The van der Waals surface area contributed by atoms with E-state index in [9.17, 15) is 4.79 Å². The van der Waals surface area contributed by atoms with Gasteiger partial charge in [-0.25, -0.2) is 0 Å². The third-order valence-corrected chi connectivity index (χ3v) is 2.22. The fourth-order valence-electron chi connectivity index (χ4n) is 1.38. The lowest BCUT2D eigenvalue weighted by molar-refractivity contribution is -0.120. The minimum Gasteiger partial charge on any atom is -0.397 e. The van der Waals surface area contributed by atoms with Gasteiger partial charge in [0.2, 0.25) is 5.91 Å². The largest absolute Gasteiger partial charge is 0.397 e. The maximum atomic E-state index is 11.2. The molecule has 1 rings (SSSR count). The number of nitrogens with one attached hydrogen (secondary N) is 2. The van der Waals surface area contributed by atoms with Crippen LogP contribution in [-0.4, -0.2) is 19.0 Å².